The summed E-state index contributed by atoms with van der Waals surface area (Å²) in [4.78, 5) is 16.7. The summed E-state index contributed by atoms with van der Waals surface area (Å²) >= 11 is 0. The Hall–Kier alpha value is -3.00. The molecule has 1 N–H and O–H groups in total. The van der Waals surface area contributed by atoms with Crippen molar-refractivity contribution in [1.82, 2.24) is 30.0 Å². The number of benzene rings is 1. The number of hydrogen-bond acceptors (Lipinski definition) is 6. The third kappa shape index (κ3) is 4.37. The van der Waals surface area contributed by atoms with Crippen molar-refractivity contribution in [3.8, 4) is 11.4 Å². The fraction of sp³-hybridized carbons (Fsp3) is 0.429. The number of likely N-dealkylation sites (N-methyl/N-ethyl adjacent to an activating group) is 1. The summed E-state index contributed by atoms with van der Waals surface area (Å²) in [6, 6.07) is 13.9. The van der Waals surface area contributed by atoms with Crippen LogP contribution in [-0.4, -0.2) is 70.9 Å². The summed E-state index contributed by atoms with van der Waals surface area (Å²) in [6.45, 7) is 3.18. The molecule has 1 aromatic carbocycles. The third-order valence-corrected chi connectivity index (χ3v) is 5.33. The lowest BCUT2D eigenvalue weighted by Gasteiger charge is -2.32. The molecule has 1 saturated heterocycles. The van der Waals surface area contributed by atoms with Gasteiger partial charge < -0.3 is 15.1 Å². The third-order valence-electron chi connectivity index (χ3n) is 5.33. The highest BCUT2D eigenvalue weighted by atomic mass is 16.1. The van der Waals surface area contributed by atoms with Crippen LogP contribution < -0.4 is 10.2 Å². The van der Waals surface area contributed by atoms with E-state index < -0.39 is 0 Å². The second kappa shape index (κ2) is 8.57. The standard InChI is InChI=1S/C21H27N7O/c1-26(2)15-12-22-21(29)17-10-13-27(14-11-17)19-9-8-18-23-24-20(28(18)25-19)16-6-4-3-5-7-16/h3-9,17H,10-15H2,1-2H3,(H,22,29). The molecule has 0 saturated carbocycles. The predicted octanol–water partition coefficient (Wildman–Crippen LogP) is 1.69. The molecule has 0 bridgehead atoms. The van der Waals surface area contributed by atoms with Crippen molar-refractivity contribution < 1.29 is 4.79 Å². The van der Waals surface area contributed by atoms with Crippen LogP contribution in [0.2, 0.25) is 0 Å². The Bertz CT molecular complexity index is 962. The number of rotatable bonds is 6. The van der Waals surface area contributed by atoms with Gasteiger partial charge in [-0.15, -0.1) is 15.3 Å². The highest BCUT2D eigenvalue weighted by molar-refractivity contribution is 5.79. The summed E-state index contributed by atoms with van der Waals surface area (Å²) in [5.41, 5.74) is 1.71. The number of amides is 1. The van der Waals surface area contributed by atoms with Gasteiger partial charge in [-0.25, -0.2) is 0 Å². The molecule has 152 valence electrons. The van der Waals surface area contributed by atoms with Gasteiger partial charge in [-0.05, 0) is 39.1 Å². The van der Waals surface area contributed by atoms with Crippen LogP contribution in [0.3, 0.4) is 0 Å². The number of carbonyl (C=O) groups is 1. The minimum atomic E-state index is 0.0759. The molecule has 1 amide bonds. The van der Waals surface area contributed by atoms with Gasteiger partial charge in [-0.3, -0.25) is 4.79 Å². The van der Waals surface area contributed by atoms with E-state index in [1.165, 1.54) is 0 Å². The maximum Gasteiger partial charge on any atom is 0.223 e. The molecule has 0 aliphatic carbocycles. The van der Waals surface area contributed by atoms with Crippen LogP contribution in [0.15, 0.2) is 42.5 Å². The van der Waals surface area contributed by atoms with Gasteiger partial charge in [0, 0.05) is 37.7 Å². The predicted molar refractivity (Wildman–Crippen MR) is 113 cm³/mol. The monoisotopic (exact) mass is 393 g/mol. The number of piperidine rings is 1. The first-order chi connectivity index (χ1) is 14.1. The van der Waals surface area contributed by atoms with E-state index >= 15 is 0 Å². The van der Waals surface area contributed by atoms with Crippen LogP contribution >= 0.6 is 0 Å². The molecular formula is C21H27N7O. The van der Waals surface area contributed by atoms with Crippen molar-refractivity contribution in [3.05, 3.63) is 42.5 Å². The highest BCUT2D eigenvalue weighted by Gasteiger charge is 2.26. The van der Waals surface area contributed by atoms with E-state index in [2.05, 4.69) is 25.3 Å². The molecule has 8 heteroatoms. The quantitative estimate of drug-likeness (QED) is 0.687. The summed E-state index contributed by atoms with van der Waals surface area (Å²) in [5, 5.41) is 16.4. The number of carbonyl (C=O) groups excluding carboxylic acids is 1. The maximum atomic E-state index is 12.4. The van der Waals surface area contributed by atoms with Gasteiger partial charge in [-0.1, -0.05) is 30.3 Å². The van der Waals surface area contributed by atoms with E-state index in [0.717, 1.165) is 55.3 Å². The van der Waals surface area contributed by atoms with Crippen LogP contribution in [0.4, 0.5) is 5.82 Å². The number of anilines is 1. The van der Waals surface area contributed by atoms with Crippen molar-refractivity contribution >= 4 is 17.4 Å². The minimum absolute atomic E-state index is 0.0759. The first-order valence-electron chi connectivity index (χ1n) is 10.1. The smallest absolute Gasteiger partial charge is 0.223 e. The maximum absolute atomic E-state index is 12.4. The number of fused-ring (bicyclic) bond motifs is 1. The van der Waals surface area contributed by atoms with Gasteiger partial charge >= 0.3 is 0 Å². The molecule has 0 spiro atoms. The van der Waals surface area contributed by atoms with Crippen molar-refractivity contribution in [2.45, 2.75) is 12.8 Å². The fourth-order valence-corrected chi connectivity index (χ4v) is 3.63. The Morgan fingerprint density at radius 1 is 1.10 bits per heavy atom. The van der Waals surface area contributed by atoms with Crippen molar-refractivity contribution in [3.63, 3.8) is 0 Å². The number of aromatic nitrogens is 4. The van der Waals surface area contributed by atoms with Gasteiger partial charge in [0.15, 0.2) is 11.5 Å². The Morgan fingerprint density at radius 2 is 1.86 bits per heavy atom. The minimum Gasteiger partial charge on any atom is -0.355 e. The lowest BCUT2D eigenvalue weighted by atomic mass is 9.96. The summed E-state index contributed by atoms with van der Waals surface area (Å²) in [7, 11) is 4.01. The van der Waals surface area contributed by atoms with E-state index in [9.17, 15) is 4.79 Å². The Morgan fingerprint density at radius 3 is 2.59 bits per heavy atom. The molecule has 1 fully saturated rings. The number of nitrogens with one attached hydrogen (secondary N) is 1. The summed E-state index contributed by atoms with van der Waals surface area (Å²) in [5.74, 6) is 1.87. The average Bonchev–Trinajstić information content (AvgIpc) is 3.17. The molecule has 0 atom stereocenters. The van der Waals surface area contributed by atoms with Crippen molar-refractivity contribution in [1.29, 1.82) is 0 Å². The van der Waals surface area contributed by atoms with E-state index in [-0.39, 0.29) is 11.8 Å². The van der Waals surface area contributed by atoms with E-state index in [0.29, 0.717) is 6.54 Å². The van der Waals surface area contributed by atoms with Crippen molar-refractivity contribution in [2.75, 3.05) is 45.2 Å². The Kier molecular flexibility index (Phi) is 5.71. The zero-order valence-electron chi connectivity index (χ0n) is 17.0. The molecule has 29 heavy (non-hydrogen) atoms. The van der Waals surface area contributed by atoms with E-state index in [4.69, 9.17) is 5.10 Å². The van der Waals surface area contributed by atoms with Crippen LogP contribution in [0.5, 0.6) is 0 Å². The first kappa shape index (κ1) is 19.3. The van der Waals surface area contributed by atoms with Gasteiger partial charge in [0.2, 0.25) is 5.91 Å². The van der Waals surface area contributed by atoms with Crippen LogP contribution in [0, 0.1) is 5.92 Å². The molecule has 1 aliphatic rings. The molecule has 0 unspecified atom stereocenters. The lowest BCUT2D eigenvalue weighted by Crippen LogP contribution is -2.42. The molecule has 2 aromatic heterocycles. The van der Waals surface area contributed by atoms with Crippen LogP contribution in [0.25, 0.3) is 17.0 Å². The zero-order chi connectivity index (χ0) is 20.2. The van der Waals surface area contributed by atoms with Gasteiger partial charge in [0.05, 0.1) is 0 Å². The highest BCUT2D eigenvalue weighted by Crippen LogP contribution is 2.24. The Labute approximate surface area is 170 Å². The van der Waals surface area contributed by atoms with Gasteiger partial charge in [0.25, 0.3) is 0 Å². The Balaban J connectivity index is 1.43. The van der Waals surface area contributed by atoms with Crippen LogP contribution in [0.1, 0.15) is 12.8 Å². The van der Waals surface area contributed by atoms with Gasteiger partial charge in [0.1, 0.15) is 5.82 Å². The van der Waals surface area contributed by atoms with E-state index in [1.54, 1.807) is 4.52 Å². The van der Waals surface area contributed by atoms with Crippen LogP contribution in [-0.2, 0) is 4.79 Å². The molecule has 1 aliphatic heterocycles. The van der Waals surface area contributed by atoms with Crippen molar-refractivity contribution in [2.24, 2.45) is 5.92 Å². The summed E-state index contributed by atoms with van der Waals surface area (Å²) in [6.07, 6.45) is 1.67. The largest absolute Gasteiger partial charge is 0.355 e. The summed E-state index contributed by atoms with van der Waals surface area (Å²) < 4.78 is 1.80. The number of hydrogen-bond donors (Lipinski definition) is 1. The lowest BCUT2D eigenvalue weighted by molar-refractivity contribution is -0.125. The second-order valence-corrected chi connectivity index (χ2v) is 7.71. The zero-order valence-corrected chi connectivity index (χ0v) is 17.0. The first-order valence-corrected chi connectivity index (χ1v) is 10.1. The SMILES string of the molecule is CN(C)CCNC(=O)C1CCN(c2ccc3nnc(-c4ccccc4)n3n2)CC1. The molecule has 0 radical (unpaired) electrons. The molecule has 4 rings (SSSR count). The van der Waals surface area contributed by atoms with Gasteiger partial charge in [-0.2, -0.15) is 4.52 Å². The number of nitrogens with zero attached hydrogens (tertiary/aromatic N) is 6. The van der Waals surface area contributed by atoms with E-state index in [1.807, 2.05) is 56.6 Å². The fourth-order valence-electron chi connectivity index (χ4n) is 3.63. The topological polar surface area (TPSA) is 78.7 Å². The molecule has 3 aromatic rings. The molecular weight excluding hydrogens is 366 g/mol. The normalized spacial score (nSPS) is 15.2. The molecule has 8 nitrogen and oxygen atoms in total. The molecule has 3 heterocycles. The average molecular weight is 393 g/mol. The second-order valence-electron chi connectivity index (χ2n) is 7.71.